The Kier molecular flexibility index (Phi) is 3.75. The van der Waals surface area contributed by atoms with E-state index in [-0.39, 0.29) is 18.1 Å². The maximum Gasteiger partial charge on any atom is 0.273 e. The number of hydrogen-bond acceptors (Lipinski definition) is 4. The van der Waals surface area contributed by atoms with Crippen LogP contribution in [-0.4, -0.2) is 28.1 Å². The highest BCUT2D eigenvalue weighted by molar-refractivity contribution is 5.92. The first-order chi connectivity index (χ1) is 10.2. The molecule has 110 valence electrons. The maximum absolute atomic E-state index is 12.0. The summed E-state index contributed by atoms with van der Waals surface area (Å²) in [7, 11) is 0. The smallest absolute Gasteiger partial charge is 0.273 e. The van der Waals surface area contributed by atoms with Gasteiger partial charge in [0.05, 0.1) is 5.60 Å². The number of oxazole rings is 1. The molecule has 0 spiro atoms. The summed E-state index contributed by atoms with van der Waals surface area (Å²) in [4.78, 5) is 16.2. The Morgan fingerprint density at radius 2 is 2.00 bits per heavy atom. The molecule has 2 N–H and O–H groups in total. The van der Waals surface area contributed by atoms with E-state index in [0.29, 0.717) is 5.89 Å². The summed E-state index contributed by atoms with van der Waals surface area (Å²) < 4.78 is 5.33. The van der Waals surface area contributed by atoms with Crippen molar-refractivity contribution in [3.05, 3.63) is 42.3 Å². The highest BCUT2D eigenvalue weighted by atomic mass is 16.3. The van der Waals surface area contributed by atoms with Crippen LogP contribution in [0.4, 0.5) is 0 Å². The molecule has 5 nitrogen and oxygen atoms in total. The lowest BCUT2D eigenvalue weighted by molar-refractivity contribution is 0.0448. The average molecular weight is 286 g/mol. The Balaban J connectivity index is 1.64. The average Bonchev–Trinajstić information content (AvgIpc) is 3.16. The zero-order valence-corrected chi connectivity index (χ0v) is 11.7. The van der Waals surface area contributed by atoms with Crippen molar-refractivity contribution in [3.8, 4) is 11.5 Å². The Morgan fingerprint density at radius 1 is 1.29 bits per heavy atom. The third kappa shape index (κ3) is 3.13. The summed E-state index contributed by atoms with van der Waals surface area (Å²) in [6, 6.07) is 9.41. The van der Waals surface area contributed by atoms with Crippen LogP contribution in [0.3, 0.4) is 0 Å². The highest BCUT2D eigenvalue weighted by Crippen LogP contribution is 2.28. The number of amides is 1. The van der Waals surface area contributed by atoms with Crippen LogP contribution in [0.25, 0.3) is 11.5 Å². The number of benzene rings is 1. The van der Waals surface area contributed by atoms with Gasteiger partial charge in [-0.3, -0.25) is 4.79 Å². The molecule has 1 aliphatic rings. The molecule has 0 radical (unpaired) electrons. The number of rotatable bonds is 4. The van der Waals surface area contributed by atoms with E-state index in [1.807, 2.05) is 30.3 Å². The molecule has 1 aromatic carbocycles. The fourth-order valence-electron chi connectivity index (χ4n) is 2.64. The summed E-state index contributed by atoms with van der Waals surface area (Å²) in [5, 5.41) is 12.9. The largest absolute Gasteiger partial charge is 0.444 e. The monoisotopic (exact) mass is 286 g/mol. The summed E-state index contributed by atoms with van der Waals surface area (Å²) in [5.74, 6) is 0.0987. The van der Waals surface area contributed by atoms with E-state index in [2.05, 4.69) is 10.3 Å². The van der Waals surface area contributed by atoms with Gasteiger partial charge < -0.3 is 14.8 Å². The van der Waals surface area contributed by atoms with Crippen molar-refractivity contribution in [1.82, 2.24) is 10.3 Å². The zero-order valence-electron chi connectivity index (χ0n) is 11.7. The van der Waals surface area contributed by atoms with Crippen molar-refractivity contribution < 1.29 is 14.3 Å². The van der Waals surface area contributed by atoms with E-state index in [1.54, 1.807) is 0 Å². The Hall–Kier alpha value is -2.14. The molecule has 1 amide bonds. The summed E-state index contributed by atoms with van der Waals surface area (Å²) >= 11 is 0. The van der Waals surface area contributed by atoms with Crippen molar-refractivity contribution in [3.63, 3.8) is 0 Å². The second-order valence-electron chi connectivity index (χ2n) is 5.52. The fraction of sp³-hybridized carbons (Fsp3) is 0.375. The quantitative estimate of drug-likeness (QED) is 0.904. The number of aromatic nitrogens is 1. The van der Waals surface area contributed by atoms with Crippen LogP contribution < -0.4 is 5.32 Å². The highest BCUT2D eigenvalue weighted by Gasteiger charge is 2.31. The standard InChI is InChI=1S/C16H18N2O3/c19-14(17-11-16(20)8-4-5-9-16)13-10-21-15(18-13)12-6-2-1-3-7-12/h1-3,6-7,10,20H,4-5,8-9,11H2,(H,17,19). The Bertz CT molecular complexity index is 615. The molecule has 1 heterocycles. The number of aliphatic hydroxyl groups is 1. The zero-order chi connectivity index (χ0) is 14.7. The minimum absolute atomic E-state index is 0.232. The topological polar surface area (TPSA) is 75.4 Å². The molecule has 1 fully saturated rings. The van der Waals surface area contributed by atoms with Crippen molar-refractivity contribution in [2.45, 2.75) is 31.3 Å². The van der Waals surface area contributed by atoms with E-state index in [4.69, 9.17) is 4.42 Å². The predicted octanol–water partition coefficient (Wildman–Crippen LogP) is 2.38. The lowest BCUT2D eigenvalue weighted by Gasteiger charge is -2.21. The third-order valence-electron chi connectivity index (χ3n) is 3.87. The van der Waals surface area contributed by atoms with Gasteiger partial charge in [0.2, 0.25) is 5.89 Å². The molecule has 1 aromatic heterocycles. The van der Waals surface area contributed by atoms with E-state index < -0.39 is 5.60 Å². The van der Waals surface area contributed by atoms with Gasteiger partial charge in [-0.1, -0.05) is 31.0 Å². The first kappa shape index (κ1) is 13.8. The van der Waals surface area contributed by atoms with E-state index in [1.165, 1.54) is 6.26 Å². The summed E-state index contributed by atoms with van der Waals surface area (Å²) in [6.07, 6.45) is 4.84. The molecule has 1 saturated carbocycles. The minimum Gasteiger partial charge on any atom is -0.444 e. The van der Waals surface area contributed by atoms with Gasteiger partial charge in [0, 0.05) is 12.1 Å². The third-order valence-corrected chi connectivity index (χ3v) is 3.87. The van der Waals surface area contributed by atoms with Crippen LogP contribution in [0.15, 0.2) is 41.0 Å². The molecule has 0 unspecified atom stereocenters. The molecular weight excluding hydrogens is 268 g/mol. The van der Waals surface area contributed by atoms with Crippen LogP contribution in [0.5, 0.6) is 0 Å². The molecule has 0 atom stereocenters. The molecule has 0 saturated heterocycles. The number of nitrogens with zero attached hydrogens (tertiary/aromatic N) is 1. The molecule has 21 heavy (non-hydrogen) atoms. The molecule has 1 aliphatic carbocycles. The van der Waals surface area contributed by atoms with Gasteiger partial charge in [-0.05, 0) is 25.0 Å². The van der Waals surface area contributed by atoms with Gasteiger partial charge >= 0.3 is 0 Å². The second kappa shape index (κ2) is 5.69. The SMILES string of the molecule is O=C(NCC1(O)CCCC1)c1coc(-c2ccccc2)n1. The molecular formula is C16H18N2O3. The van der Waals surface area contributed by atoms with Gasteiger partial charge in [-0.15, -0.1) is 0 Å². The predicted molar refractivity (Wildman–Crippen MR) is 77.7 cm³/mol. The van der Waals surface area contributed by atoms with Crippen LogP contribution >= 0.6 is 0 Å². The van der Waals surface area contributed by atoms with E-state index in [9.17, 15) is 9.90 Å². The van der Waals surface area contributed by atoms with Crippen molar-refractivity contribution in [2.75, 3.05) is 6.54 Å². The number of hydrogen-bond donors (Lipinski definition) is 2. The molecule has 3 rings (SSSR count). The molecule has 0 aliphatic heterocycles. The van der Waals surface area contributed by atoms with Crippen molar-refractivity contribution in [2.24, 2.45) is 0 Å². The van der Waals surface area contributed by atoms with Crippen molar-refractivity contribution >= 4 is 5.91 Å². The van der Waals surface area contributed by atoms with Crippen molar-refractivity contribution in [1.29, 1.82) is 0 Å². The normalized spacial score (nSPS) is 16.8. The van der Waals surface area contributed by atoms with Crippen LogP contribution in [-0.2, 0) is 0 Å². The summed E-state index contributed by atoms with van der Waals surface area (Å²) in [6.45, 7) is 0.263. The molecule has 5 heteroatoms. The van der Waals surface area contributed by atoms with Gasteiger partial charge in [-0.25, -0.2) is 4.98 Å². The number of carbonyl (C=O) groups excluding carboxylic acids is 1. The summed E-state index contributed by atoms with van der Waals surface area (Å²) in [5.41, 5.74) is 0.295. The molecule has 0 bridgehead atoms. The lowest BCUT2D eigenvalue weighted by atomic mass is 10.0. The first-order valence-electron chi connectivity index (χ1n) is 7.18. The van der Waals surface area contributed by atoms with Crippen LogP contribution in [0.2, 0.25) is 0 Å². The Labute approximate surface area is 123 Å². The van der Waals surface area contributed by atoms with Gasteiger partial charge in [-0.2, -0.15) is 0 Å². The van der Waals surface area contributed by atoms with E-state index >= 15 is 0 Å². The lowest BCUT2D eigenvalue weighted by Crippen LogP contribution is -2.40. The second-order valence-corrected chi connectivity index (χ2v) is 5.52. The number of nitrogens with one attached hydrogen (secondary N) is 1. The minimum atomic E-state index is -0.762. The fourth-order valence-corrected chi connectivity index (χ4v) is 2.64. The van der Waals surface area contributed by atoms with Gasteiger partial charge in [0.15, 0.2) is 5.69 Å². The van der Waals surface area contributed by atoms with Crippen LogP contribution in [0, 0.1) is 0 Å². The van der Waals surface area contributed by atoms with E-state index in [0.717, 1.165) is 31.2 Å². The maximum atomic E-state index is 12.0. The first-order valence-corrected chi connectivity index (χ1v) is 7.18. The Morgan fingerprint density at radius 3 is 2.71 bits per heavy atom. The van der Waals surface area contributed by atoms with Gasteiger partial charge in [0.1, 0.15) is 6.26 Å². The molecule has 2 aromatic rings. The number of carbonyl (C=O) groups is 1. The van der Waals surface area contributed by atoms with Gasteiger partial charge in [0.25, 0.3) is 5.91 Å². The van der Waals surface area contributed by atoms with Crippen LogP contribution in [0.1, 0.15) is 36.2 Å².